The van der Waals surface area contributed by atoms with Gasteiger partial charge in [-0.05, 0) is 17.7 Å². The normalized spacial score (nSPS) is 15.9. The Bertz CT molecular complexity index is 425. The predicted molar refractivity (Wildman–Crippen MR) is 63.7 cm³/mol. The lowest BCUT2D eigenvalue weighted by atomic mass is 10.1. The van der Waals surface area contributed by atoms with E-state index in [1.165, 1.54) is 0 Å². The van der Waals surface area contributed by atoms with E-state index in [2.05, 4.69) is 16.0 Å². The molecule has 0 bridgehead atoms. The Hall–Kier alpha value is -2.24. The molecule has 0 spiro atoms. The zero-order valence-corrected chi connectivity index (χ0v) is 9.65. The van der Waals surface area contributed by atoms with E-state index in [9.17, 15) is 9.59 Å². The predicted octanol–water partition coefficient (Wildman–Crippen LogP) is 0.774. The second-order valence-electron chi connectivity index (χ2n) is 3.99. The highest BCUT2D eigenvalue weighted by molar-refractivity contribution is 5.96. The molecule has 4 amide bonds. The van der Waals surface area contributed by atoms with E-state index < -0.39 is 18.2 Å². The first-order valence-corrected chi connectivity index (χ1v) is 5.21. The van der Waals surface area contributed by atoms with E-state index in [0.29, 0.717) is 0 Å². The molecule has 3 N–H and O–H groups in total. The van der Waals surface area contributed by atoms with Crippen LogP contribution in [0.2, 0.25) is 0 Å². The van der Waals surface area contributed by atoms with Gasteiger partial charge in [0, 0.05) is 19.8 Å². The number of amides is 4. The SMILES string of the molecule is CN(C)c1ccc(C2NC(=O)NC(=O)N2)cc1. The molecule has 1 saturated heterocycles. The van der Waals surface area contributed by atoms with Gasteiger partial charge in [0.1, 0.15) is 6.17 Å². The summed E-state index contributed by atoms with van der Waals surface area (Å²) in [4.78, 5) is 24.3. The van der Waals surface area contributed by atoms with E-state index >= 15 is 0 Å². The third-order valence-corrected chi connectivity index (χ3v) is 2.52. The van der Waals surface area contributed by atoms with Crippen LogP contribution in [0.1, 0.15) is 11.7 Å². The molecule has 1 aliphatic heterocycles. The van der Waals surface area contributed by atoms with Crippen molar-refractivity contribution in [2.75, 3.05) is 19.0 Å². The van der Waals surface area contributed by atoms with E-state index in [-0.39, 0.29) is 0 Å². The minimum absolute atomic E-state index is 0.479. The molecule has 0 unspecified atom stereocenters. The van der Waals surface area contributed by atoms with Crippen LogP contribution >= 0.6 is 0 Å². The zero-order valence-electron chi connectivity index (χ0n) is 9.65. The lowest BCUT2D eigenvalue weighted by molar-refractivity contribution is 0.209. The summed E-state index contributed by atoms with van der Waals surface area (Å²) in [6, 6.07) is 6.61. The van der Waals surface area contributed by atoms with E-state index in [1.807, 2.05) is 43.3 Å². The van der Waals surface area contributed by atoms with Crippen molar-refractivity contribution in [3.8, 4) is 0 Å². The summed E-state index contributed by atoms with van der Waals surface area (Å²) in [6.45, 7) is 0. The van der Waals surface area contributed by atoms with Crippen LogP contribution in [0, 0.1) is 0 Å². The Morgan fingerprint density at radius 2 is 1.53 bits per heavy atom. The van der Waals surface area contributed by atoms with Crippen LogP contribution in [0.3, 0.4) is 0 Å². The van der Waals surface area contributed by atoms with Gasteiger partial charge in [-0.15, -0.1) is 0 Å². The molecular formula is C11H14N4O2. The third kappa shape index (κ3) is 2.47. The molecule has 90 valence electrons. The summed E-state index contributed by atoms with van der Waals surface area (Å²) < 4.78 is 0. The maximum Gasteiger partial charge on any atom is 0.324 e. The highest BCUT2D eigenvalue weighted by Crippen LogP contribution is 2.17. The summed E-state index contributed by atoms with van der Waals surface area (Å²) in [5, 5.41) is 7.33. The van der Waals surface area contributed by atoms with Crippen LogP contribution in [-0.4, -0.2) is 26.2 Å². The molecular weight excluding hydrogens is 220 g/mol. The first kappa shape index (κ1) is 11.3. The van der Waals surface area contributed by atoms with Gasteiger partial charge in [-0.1, -0.05) is 12.1 Å². The van der Waals surface area contributed by atoms with Gasteiger partial charge in [-0.25, -0.2) is 9.59 Å². The molecule has 0 atom stereocenters. The third-order valence-electron chi connectivity index (χ3n) is 2.52. The van der Waals surface area contributed by atoms with Gasteiger partial charge < -0.3 is 15.5 Å². The summed E-state index contributed by atoms with van der Waals surface area (Å²) in [6.07, 6.45) is -0.479. The molecule has 1 aromatic carbocycles. The Kier molecular flexibility index (Phi) is 2.86. The topological polar surface area (TPSA) is 73.5 Å². The van der Waals surface area contributed by atoms with E-state index in [0.717, 1.165) is 11.3 Å². The van der Waals surface area contributed by atoms with E-state index in [1.54, 1.807) is 0 Å². The average molecular weight is 234 g/mol. The highest BCUT2D eigenvalue weighted by atomic mass is 16.2. The fraction of sp³-hybridized carbons (Fsp3) is 0.273. The highest BCUT2D eigenvalue weighted by Gasteiger charge is 2.23. The lowest BCUT2D eigenvalue weighted by Crippen LogP contribution is -2.56. The molecule has 0 aliphatic carbocycles. The van der Waals surface area contributed by atoms with Crippen molar-refractivity contribution in [3.63, 3.8) is 0 Å². The van der Waals surface area contributed by atoms with Gasteiger partial charge in [-0.2, -0.15) is 0 Å². The molecule has 17 heavy (non-hydrogen) atoms. The Balaban J connectivity index is 2.16. The second-order valence-corrected chi connectivity index (χ2v) is 3.99. The van der Waals surface area contributed by atoms with Gasteiger partial charge in [0.25, 0.3) is 0 Å². The smallest absolute Gasteiger partial charge is 0.324 e. The number of rotatable bonds is 2. The number of anilines is 1. The molecule has 1 heterocycles. The number of imide groups is 1. The van der Waals surface area contributed by atoms with Crippen molar-refractivity contribution >= 4 is 17.7 Å². The monoisotopic (exact) mass is 234 g/mol. The van der Waals surface area contributed by atoms with Crippen molar-refractivity contribution in [1.82, 2.24) is 16.0 Å². The standard InChI is InChI=1S/C11H14N4O2/c1-15(2)8-5-3-7(4-6-8)9-12-10(16)14-11(17)13-9/h3-6,9H,1-2H3,(H3,12,13,14,16,17). The average Bonchev–Trinajstić information content (AvgIpc) is 2.28. The molecule has 0 aromatic heterocycles. The van der Waals surface area contributed by atoms with Crippen LogP contribution in [0.25, 0.3) is 0 Å². The second kappa shape index (κ2) is 4.32. The number of hydrogen-bond donors (Lipinski definition) is 3. The number of carbonyl (C=O) groups excluding carboxylic acids is 2. The van der Waals surface area contributed by atoms with E-state index in [4.69, 9.17) is 0 Å². The molecule has 6 heteroatoms. The van der Waals surface area contributed by atoms with Crippen molar-refractivity contribution in [1.29, 1.82) is 0 Å². The fourth-order valence-corrected chi connectivity index (χ4v) is 1.61. The molecule has 0 radical (unpaired) electrons. The Labute approximate surface area is 99.0 Å². The first-order valence-electron chi connectivity index (χ1n) is 5.21. The summed E-state index contributed by atoms with van der Waals surface area (Å²) in [5.41, 5.74) is 1.89. The molecule has 2 rings (SSSR count). The number of nitrogens with one attached hydrogen (secondary N) is 3. The minimum atomic E-state index is -0.490. The van der Waals surface area contributed by atoms with Crippen LogP contribution < -0.4 is 20.9 Å². The summed E-state index contributed by atoms with van der Waals surface area (Å²) in [7, 11) is 3.90. The van der Waals surface area contributed by atoms with Gasteiger partial charge in [-0.3, -0.25) is 5.32 Å². The van der Waals surface area contributed by atoms with Gasteiger partial charge >= 0.3 is 12.1 Å². The largest absolute Gasteiger partial charge is 0.378 e. The summed E-state index contributed by atoms with van der Waals surface area (Å²) in [5.74, 6) is 0. The Morgan fingerprint density at radius 1 is 1.00 bits per heavy atom. The molecule has 1 fully saturated rings. The van der Waals surface area contributed by atoms with Gasteiger partial charge in [0.2, 0.25) is 0 Å². The molecule has 1 aromatic rings. The maximum absolute atomic E-state index is 11.1. The quantitative estimate of drug-likeness (QED) is 0.707. The van der Waals surface area contributed by atoms with Crippen LogP contribution in [0.4, 0.5) is 15.3 Å². The number of hydrogen-bond acceptors (Lipinski definition) is 3. The molecule has 0 saturated carbocycles. The van der Waals surface area contributed by atoms with Crippen LogP contribution in [-0.2, 0) is 0 Å². The zero-order chi connectivity index (χ0) is 12.4. The van der Waals surface area contributed by atoms with Crippen molar-refractivity contribution in [2.24, 2.45) is 0 Å². The maximum atomic E-state index is 11.1. The number of benzene rings is 1. The van der Waals surface area contributed by atoms with Crippen LogP contribution in [0.5, 0.6) is 0 Å². The first-order chi connectivity index (χ1) is 8.06. The molecule has 1 aliphatic rings. The van der Waals surface area contributed by atoms with Gasteiger partial charge in [0.15, 0.2) is 0 Å². The van der Waals surface area contributed by atoms with Crippen molar-refractivity contribution in [2.45, 2.75) is 6.17 Å². The van der Waals surface area contributed by atoms with Crippen LogP contribution in [0.15, 0.2) is 24.3 Å². The number of nitrogens with zero attached hydrogens (tertiary/aromatic N) is 1. The van der Waals surface area contributed by atoms with Crippen molar-refractivity contribution in [3.05, 3.63) is 29.8 Å². The minimum Gasteiger partial charge on any atom is -0.378 e. The number of carbonyl (C=O) groups is 2. The summed E-state index contributed by atoms with van der Waals surface area (Å²) >= 11 is 0. The van der Waals surface area contributed by atoms with Gasteiger partial charge in [0.05, 0.1) is 0 Å². The molecule has 6 nitrogen and oxygen atoms in total. The fourth-order valence-electron chi connectivity index (χ4n) is 1.61. The lowest BCUT2D eigenvalue weighted by Gasteiger charge is -2.25. The number of urea groups is 2. The van der Waals surface area contributed by atoms with Crippen molar-refractivity contribution < 1.29 is 9.59 Å². The Morgan fingerprint density at radius 3 is 2.00 bits per heavy atom.